The average Bonchev–Trinajstić information content (AvgIpc) is 2.92. The van der Waals surface area contributed by atoms with E-state index in [4.69, 9.17) is 4.74 Å². The number of nitrogens with zero attached hydrogens (tertiary/aromatic N) is 4. The fraction of sp³-hybridized carbons (Fsp3) is 0.278. The van der Waals surface area contributed by atoms with E-state index in [1.807, 2.05) is 37.3 Å². The minimum absolute atomic E-state index is 0.00991. The van der Waals surface area contributed by atoms with Gasteiger partial charge in [-0.15, -0.1) is 5.10 Å². The van der Waals surface area contributed by atoms with Gasteiger partial charge < -0.3 is 4.74 Å². The molecule has 3 rings (SSSR count). The van der Waals surface area contributed by atoms with Crippen LogP contribution >= 0.6 is 0 Å². The molecule has 26 heavy (non-hydrogen) atoms. The smallest absolute Gasteiger partial charge is 0.346 e. The number of pyridine rings is 1. The van der Waals surface area contributed by atoms with Gasteiger partial charge in [-0.1, -0.05) is 18.2 Å². The second kappa shape index (κ2) is 7.07. The number of hydrogen-bond acceptors (Lipinski definition) is 4. The van der Waals surface area contributed by atoms with E-state index in [0.29, 0.717) is 11.6 Å². The Morgan fingerprint density at radius 3 is 2.69 bits per heavy atom. The Morgan fingerprint density at radius 2 is 2.00 bits per heavy atom. The van der Waals surface area contributed by atoms with Crippen LogP contribution < -0.4 is 10.4 Å². The molecule has 0 spiro atoms. The summed E-state index contributed by atoms with van der Waals surface area (Å²) in [6, 6.07) is 11.0. The van der Waals surface area contributed by atoms with Gasteiger partial charge in [0.05, 0.1) is 19.3 Å². The van der Waals surface area contributed by atoms with Gasteiger partial charge in [-0.05, 0) is 30.2 Å². The van der Waals surface area contributed by atoms with Crippen LogP contribution in [-0.2, 0) is 13.6 Å². The lowest BCUT2D eigenvalue weighted by Gasteiger charge is -2.11. The second-order valence-electron chi connectivity index (χ2n) is 5.86. The first-order valence-electron chi connectivity index (χ1n) is 7.93. The Kier molecular flexibility index (Phi) is 4.83. The number of alkyl halides is 2. The molecule has 0 bridgehead atoms. The molecule has 0 aliphatic heterocycles. The maximum Gasteiger partial charge on any atom is 0.346 e. The van der Waals surface area contributed by atoms with Crippen molar-refractivity contribution in [3.63, 3.8) is 0 Å². The zero-order valence-corrected chi connectivity index (χ0v) is 14.6. The molecule has 0 fully saturated rings. The molecule has 0 amide bonds. The molecule has 0 saturated heterocycles. The van der Waals surface area contributed by atoms with Crippen molar-refractivity contribution in [2.45, 2.75) is 19.9 Å². The van der Waals surface area contributed by atoms with Crippen molar-refractivity contribution in [1.82, 2.24) is 19.3 Å². The van der Waals surface area contributed by atoms with Crippen molar-refractivity contribution in [3.8, 4) is 17.1 Å². The lowest BCUT2D eigenvalue weighted by atomic mass is 10.0. The Hall–Kier alpha value is -3.03. The number of benzene rings is 1. The van der Waals surface area contributed by atoms with Crippen molar-refractivity contribution in [1.29, 1.82) is 0 Å². The van der Waals surface area contributed by atoms with Crippen molar-refractivity contribution >= 4 is 0 Å². The summed E-state index contributed by atoms with van der Waals surface area (Å²) < 4.78 is 33.4. The Morgan fingerprint density at radius 1 is 1.23 bits per heavy atom. The zero-order valence-electron chi connectivity index (χ0n) is 14.6. The zero-order chi connectivity index (χ0) is 18.8. The average molecular weight is 360 g/mol. The molecule has 0 radical (unpaired) electrons. The summed E-state index contributed by atoms with van der Waals surface area (Å²) in [6.07, 6.45) is -2.83. The normalized spacial score (nSPS) is 11.2. The van der Waals surface area contributed by atoms with Crippen molar-refractivity contribution < 1.29 is 13.5 Å². The number of aromatic nitrogens is 4. The maximum absolute atomic E-state index is 13.2. The van der Waals surface area contributed by atoms with E-state index in [-0.39, 0.29) is 6.54 Å². The topological polar surface area (TPSA) is 61.9 Å². The first kappa shape index (κ1) is 17.8. The van der Waals surface area contributed by atoms with Gasteiger partial charge in [0, 0.05) is 18.7 Å². The van der Waals surface area contributed by atoms with Gasteiger partial charge in [0.15, 0.2) is 0 Å². The van der Waals surface area contributed by atoms with Gasteiger partial charge in [-0.3, -0.25) is 4.57 Å². The lowest BCUT2D eigenvalue weighted by molar-refractivity contribution is 0.134. The monoisotopic (exact) mass is 360 g/mol. The van der Waals surface area contributed by atoms with Crippen LogP contribution in [0.15, 0.2) is 41.2 Å². The Balaban J connectivity index is 2.03. The van der Waals surface area contributed by atoms with Gasteiger partial charge in [-0.2, -0.15) is 0 Å². The molecule has 3 aromatic rings. The summed E-state index contributed by atoms with van der Waals surface area (Å²) in [5, 5.41) is 3.63. The third-order valence-corrected chi connectivity index (χ3v) is 4.14. The lowest BCUT2D eigenvalue weighted by Crippen LogP contribution is -2.24. The van der Waals surface area contributed by atoms with Gasteiger partial charge in [-0.25, -0.2) is 23.2 Å². The van der Waals surface area contributed by atoms with Crippen LogP contribution in [0.25, 0.3) is 11.3 Å². The minimum Gasteiger partial charge on any atom is -0.481 e. The number of aryl methyl sites for hydroxylation is 2. The van der Waals surface area contributed by atoms with Gasteiger partial charge >= 0.3 is 5.69 Å². The highest BCUT2D eigenvalue weighted by Gasteiger charge is 2.20. The molecular weight excluding hydrogens is 342 g/mol. The van der Waals surface area contributed by atoms with E-state index in [0.717, 1.165) is 25.9 Å². The molecule has 0 saturated carbocycles. The summed E-state index contributed by atoms with van der Waals surface area (Å²) in [5.41, 5.74) is 2.54. The van der Waals surface area contributed by atoms with Crippen LogP contribution in [0.2, 0.25) is 0 Å². The third kappa shape index (κ3) is 3.35. The van der Waals surface area contributed by atoms with E-state index < -0.39 is 17.9 Å². The first-order chi connectivity index (χ1) is 12.4. The van der Waals surface area contributed by atoms with Crippen LogP contribution in [0, 0.1) is 6.92 Å². The molecular formula is C18H18F2N4O2. The number of halogens is 2. The van der Waals surface area contributed by atoms with Crippen LogP contribution in [0.5, 0.6) is 5.88 Å². The fourth-order valence-electron chi connectivity index (χ4n) is 2.69. The molecule has 1 aromatic carbocycles. The molecule has 0 atom stereocenters. The number of hydrogen-bond donors (Lipinski definition) is 0. The number of rotatable bonds is 5. The van der Waals surface area contributed by atoms with Crippen LogP contribution in [-0.4, -0.2) is 26.4 Å². The van der Waals surface area contributed by atoms with Crippen molar-refractivity contribution in [3.05, 3.63) is 63.8 Å². The second-order valence-corrected chi connectivity index (χ2v) is 5.86. The Labute approximate surface area is 148 Å². The van der Waals surface area contributed by atoms with Crippen LogP contribution in [0.1, 0.15) is 23.4 Å². The highest BCUT2D eigenvalue weighted by molar-refractivity contribution is 5.61. The molecule has 0 aliphatic carbocycles. The molecule has 136 valence electrons. The molecule has 6 nitrogen and oxygen atoms in total. The van der Waals surface area contributed by atoms with E-state index in [1.165, 1.54) is 14.2 Å². The summed E-state index contributed by atoms with van der Waals surface area (Å²) in [7, 11) is 2.89. The summed E-state index contributed by atoms with van der Waals surface area (Å²) >= 11 is 0. The summed E-state index contributed by atoms with van der Waals surface area (Å²) in [4.78, 5) is 16.5. The molecule has 8 heteroatoms. The van der Waals surface area contributed by atoms with Crippen molar-refractivity contribution in [2.75, 3.05) is 7.11 Å². The SMILES string of the molecule is COc1cccc(-c2ccc(C)c(Cn3c(C(F)F)nn(C)c3=O)c2)n1. The summed E-state index contributed by atoms with van der Waals surface area (Å²) in [6.45, 7) is 1.87. The highest BCUT2D eigenvalue weighted by Crippen LogP contribution is 2.24. The molecule has 0 aliphatic rings. The molecule has 2 heterocycles. The van der Waals surface area contributed by atoms with Gasteiger partial charge in [0.1, 0.15) is 0 Å². The van der Waals surface area contributed by atoms with E-state index in [9.17, 15) is 13.6 Å². The minimum atomic E-state index is -2.83. The first-order valence-corrected chi connectivity index (χ1v) is 7.93. The van der Waals surface area contributed by atoms with E-state index in [1.54, 1.807) is 6.07 Å². The number of methoxy groups -OCH3 is 1. The predicted octanol–water partition coefficient (Wildman–Crippen LogP) is 2.95. The highest BCUT2D eigenvalue weighted by atomic mass is 19.3. The third-order valence-electron chi connectivity index (χ3n) is 4.14. The number of ether oxygens (including phenoxy) is 1. The molecule has 0 unspecified atom stereocenters. The largest absolute Gasteiger partial charge is 0.481 e. The Bertz CT molecular complexity index is 995. The van der Waals surface area contributed by atoms with E-state index in [2.05, 4.69) is 10.1 Å². The maximum atomic E-state index is 13.2. The van der Waals surface area contributed by atoms with E-state index >= 15 is 0 Å². The van der Waals surface area contributed by atoms with Crippen molar-refractivity contribution in [2.24, 2.45) is 7.05 Å². The van der Waals surface area contributed by atoms with Crippen LogP contribution in [0.3, 0.4) is 0 Å². The van der Waals surface area contributed by atoms with Crippen LogP contribution in [0.4, 0.5) is 8.78 Å². The molecule has 2 aromatic heterocycles. The quantitative estimate of drug-likeness (QED) is 0.702. The van der Waals surface area contributed by atoms with Gasteiger partial charge in [0.25, 0.3) is 6.43 Å². The van der Waals surface area contributed by atoms with Gasteiger partial charge in [0.2, 0.25) is 11.7 Å². The predicted molar refractivity (Wildman–Crippen MR) is 92.5 cm³/mol. The molecule has 0 N–H and O–H groups in total. The fourth-order valence-corrected chi connectivity index (χ4v) is 2.69. The standard InChI is InChI=1S/C18H18F2N4O2/c1-11-7-8-12(14-5-4-6-15(21-14)26-3)9-13(11)10-24-17(16(19)20)22-23(2)18(24)25/h4-9,16H,10H2,1-3H3. The summed E-state index contributed by atoms with van der Waals surface area (Å²) in [5.74, 6) is -0.0603.